The van der Waals surface area contributed by atoms with E-state index in [9.17, 15) is 4.79 Å². The number of para-hydroxylation sites is 1. The molecule has 15 heavy (non-hydrogen) atoms. The van der Waals surface area contributed by atoms with Crippen molar-refractivity contribution in [2.45, 2.75) is 20.3 Å². The van der Waals surface area contributed by atoms with E-state index in [4.69, 9.17) is 0 Å². The predicted octanol–water partition coefficient (Wildman–Crippen LogP) is 2.97. The number of rotatable bonds is 4. The van der Waals surface area contributed by atoms with Crippen LogP contribution in [0.25, 0.3) is 0 Å². The van der Waals surface area contributed by atoms with Gasteiger partial charge in [0.1, 0.15) is 0 Å². The third-order valence-corrected chi connectivity index (χ3v) is 2.00. The number of carbonyl (C=O) groups excluding carboxylic acids is 1. The number of benzene rings is 1. The van der Waals surface area contributed by atoms with Gasteiger partial charge in [-0.3, -0.25) is 4.79 Å². The Kier molecular flexibility index (Phi) is 4.10. The van der Waals surface area contributed by atoms with Crippen LogP contribution in [0.15, 0.2) is 36.9 Å². The van der Waals surface area contributed by atoms with Crippen molar-refractivity contribution < 1.29 is 4.79 Å². The molecule has 1 radical (unpaired) electrons. The first-order valence-corrected chi connectivity index (χ1v) is 4.94. The highest BCUT2D eigenvalue weighted by molar-refractivity contribution is 5.99. The molecule has 0 saturated heterocycles. The van der Waals surface area contributed by atoms with Gasteiger partial charge in [0.25, 0.3) is 0 Å². The molecule has 0 atom stereocenters. The van der Waals surface area contributed by atoms with E-state index in [0.717, 1.165) is 17.7 Å². The minimum Gasteiger partial charge on any atom is -0.322 e. The Bertz CT molecular complexity index is 355. The van der Waals surface area contributed by atoms with Crippen LogP contribution in [0.1, 0.15) is 19.4 Å². The summed E-state index contributed by atoms with van der Waals surface area (Å²) in [6.07, 6.45) is 2.16. The Labute approximate surface area is 91.0 Å². The van der Waals surface area contributed by atoms with Gasteiger partial charge >= 0.3 is 0 Å². The largest absolute Gasteiger partial charge is 0.322 e. The zero-order chi connectivity index (χ0) is 11.3. The van der Waals surface area contributed by atoms with Crippen LogP contribution in [0.3, 0.4) is 0 Å². The second kappa shape index (κ2) is 5.35. The molecule has 0 aromatic heterocycles. The lowest BCUT2D eigenvalue weighted by Gasteiger charge is -2.11. The van der Waals surface area contributed by atoms with E-state index in [1.54, 1.807) is 0 Å². The highest BCUT2D eigenvalue weighted by Gasteiger charge is 2.05. The van der Waals surface area contributed by atoms with Gasteiger partial charge in [0.05, 0.1) is 0 Å². The van der Waals surface area contributed by atoms with Gasteiger partial charge in [0.15, 0.2) is 0 Å². The number of hydrogen-bond acceptors (Lipinski definition) is 1. The lowest BCUT2D eigenvalue weighted by molar-refractivity contribution is -0.111. The van der Waals surface area contributed by atoms with Crippen molar-refractivity contribution in [3.05, 3.63) is 48.4 Å². The second-order valence-electron chi connectivity index (χ2n) is 3.73. The van der Waals surface area contributed by atoms with Crippen molar-refractivity contribution >= 4 is 11.6 Å². The first-order chi connectivity index (χ1) is 7.13. The summed E-state index contributed by atoms with van der Waals surface area (Å²) in [5, 5.41) is 2.80. The number of hydrogen-bond donors (Lipinski definition) is 1. The maximum absolute atomic E-state index is 11.2. The van der Waals surface area contributed by atoms with Crippen molar-refractivity contribution in [2.75, 3.05) is 5.32 Å². The van der Waals surface area contributed by atoms with Gasteiger partial charge in [0.2, 0.25) is 5.91 Å². The molecular weight excluding hydrogens is 186 g/mol. The van der Waals surface area contributed by atoms with E-state index in [0.29, 0.717) is 0 Å². The lowest BCUT2D eigenvalue weighted by atomic mass is 10.0. The van der Waals surface area contributed by atoms with E-state index in [-0.39, 0.29) is 5.91 Å². The Balaban J connectivity index is 2.85. The fourth-order valence-corrected chi connectivity index (χ4v) is 1.36. The maximum atomic E-state index is 11.2. The summed E-state index contributed by atoms with van der Waals surface area (Å²) in [5.74, 6) is 1.14. The Morgan fingerprint density at radius 2 is 2.07 bits per heavy atom. The van der Waals surface area contributed by atoms with E-state index in [1.807, 2.05) is 24.3 Å². The summed E-state index contributed by atoms with van der Waals surface area (Å²) in [6, 6.07) is 7.81. The Morgan fingerprint density at radius 1 is 1.40 bits per heavy atom. The highest BCUT2D eigenvalue weighted by atomic mass is 16.1. The standard InChI is InChI=1S/C13H16NO/c1-4-13(15)14-12-8-6-5-7-11(12)9-10(2)3/h4-8H,1,9H2,2-3H3,(H,14,15). The van der Waals surface area contributed by atoms with Gasteiger partial charge < -0.3 is 5.32 Å². The normalized spacial score (nSPS) is 10.1. The van der Waals surface area contributed by atoms with Gasteiger partial charge in [-0.1, -0.05) is 38.6 Å². The first kappa shape index (κ1) is 11.5. The van der Waals surface area contributed by atoms with Crippen LogP contribution in [0.4, 0.5) is 5.69 Å². The van der Waals surface area contributed by atoms with Gasteiger partial charge in [-0.25, -0.2) is 0 Å². The molecule has 1 aromatic carbocycles. The average molecular weight is 202 g/mol. The van der Waals surface area contributed by atoms with Crippen LogP contribution in [-0.4, -0.2) is 5.91 Å². The molecule has 0 fully saturated rings. The van der Waals surface area contributed by atoms with E-state index >= 15 is 0 Å². The molecule has 1 amide bonds. The quantitative estimate of drug-likeness (QED) is 0.747. The molecule has 0 bridgehead atoms. The molecule has 0 aliphatic rings. The number of carbonyl (C=O) groups is 1. The smallest absolute Gasteiger partial charge is 0.247 e. The molecule has 0 aliphatic carbocycles. The minimum absolute atomic E-state index is 0.170. The van der Waals surface area contributed by atoms with Crippen molar-refractivity contribution in [3.63, 3.8) is 0 Å². The molecule has 2 nitrogen and oxygen atoms in total. The van der Waals surface area contributed by atoms with E-state index in [2.05, 4.69) is 25.7 Å². The van der Waals surface area contributed by atoms with Crippen LogP contribution >= 0.6 is 0 Å². The van der Waals surface area contributed by atoms with Gasteiger partial charge in [-0.15, -0.1) is 0 Å². The Morgan fingerprint density at radius 3 is 2.67 bits per heavy atom. The van der Waals surface area contributed by atoms with Crippen LogP contribution in [-0.2, 0) is 11.2 Å². The fraction of sp³-hybridized carbons (Fsp3) is 0.231. The molecule has 0 unspecified atom stereocenters. The summed E-state index contributed by atoms with van der Waals surface area (Å²) in [5.41, 5.74) is 2.00. The summed E-state index contributed by atoms with van der Waals surface area (Å²) in [6.45, 7) is 7.58. The molecule has 0 heterocycles. The Hall–Kier alpha value is -1.57. The minimum atomic E-state index is -0.170. The van der Waals surface area contributed by atoms with Crippen LogP contribution < -0.4 is 5.32 Å². The summed E-state index contributed by atoms with van der Waals surface area (Å²) in [4.78, 5) is 11.2. The zero-order valence-corrected chi connectivity index (χ0v) is 9.21. The van der Waals surface area contributed by atoms with Crippen LogP contribution in [0, 0.1) is 5.92 Å². The lowest BCUT2D eigenvalue weighted by Crippen LogP contribution is -2.09. The molecule has 0 spiro atoms. The summed E-state index contributed by atoms with van der Waals surface area (Å²) >= 11 is 0. The molecule has 79 valence electrons. The first-order valence-electron chi connectivity index (χ1n) is 4.94. The molecule has 1 aromatic rings. The molecular formula is C13H16NO. The van der Waals surface area contributed by atoms with Crippen molar-refractivity contribution in [2.24, 2.45) is 0 Å². The topological polar surface area (TPSA) is 29.1 Å². The molecule has 1 rings (SSSR count). The SMILES string of the molecule is C=CC(=O)Nc1ccccc1C[C](C)C. The molecule has 1 N–H and O–H groups in total. The van der Waals surface area contributed by atoms with Crippen LogP contribution in [0.5, 0.6) is 0 Å². The van der Waals surface area contributed by atoms with E-state index in [1.165, 1.54) is 12.0 Å². The van der Waals surface area contributed by atoms with E-state index < -0.39 is 0 Å². The maximum Gasteiger partial charge on any atom is 0.247 e. The van der Waals surface area contributed by atoms with Crippen molar-refractivity contribution in [1.29, 1.82) is 0 Å². The van der Waals surface area contributed by atoms with Crippen LogP contribution in [0.2, 0.25) is 0 Å². The van der Waals surface area contributed by atoms with Crippen molar-refractivity contribution in [3.8, 4) is 0 Å². The van der Waals surface area contributed by atoms with Gasteiger partial charge in [-0.2, -0.15) is 0 Å². The fourth-order valence-electron chi connectivity index (χ4n) is 1.36. The van der Waals surface area contributed by atoms with Gasteiger partial charge in [0, 0.05) is 5.69 Å². The van der Waals surface area contributed by atoms with Gasteiger partial charge in [-0.05, 0) is 30.0 Å². The average Bonchev–Trinajstić information content (AvgIpc) is 2.20. The molecule has 0 aliphatic heterocycles. The highest BCUT2D eigenvalue weighted by Crippen LogP contribution is 2.19. The molecule has 0 saturated carbocycles. The summed E-state index contributed by atoms with van der Waals surface area (Å²) in [7, 11) is 0. The second-order valence-corrected chi connectivity index (χ2v) is 3.73. The third-order valence-electron chi connectivity index (χ3n) is 2.00. The number of anilines is 1. The third kappa shape index (κ3) is 3.58. The monoisotopic (exact) mass is 202 g/mol. The predicted molar refractivity (Wildman–Crippen MR) is 63.6 cm³/mol. The summed E-state index contributed by atoms with van der Waals surface area (Å²) < 4.78 is 0. The number of amides is 1. The zero-order valence-electron chi connectivity index (χ0n) is 9.21. The molecule has 2 heteroatoms. The number of nitrogens with one attached hydrogen (secondary N) is 1. The van der Waals surface area contributed by atoms with Crippen molar-refractivity contribution in [1.82, 2.24) is 0 Å².